The fraction of sp³-hybridized carbons (Fsp3) is 0.611. The molecule has 126 valence electrons. The summed E-state index contributed by atoms with van der Waals surface area (Å²) in [4.78, 5) is 13.2. The highest BCUT2D eigenvalue weighted by Gasteiger charge is 2.43. The average molecular weight is 337 g/mol. The summed E-state index contributed by atoms with van der Waals surface area (Å²) in [6.07, 6.45) is 3.32. The van der Waals surface area contributed by atoms with E-state index in [0.717, 1.165) is 24.9 Å². The summed E-state index contributed by atoms with van der Waals surface area (Å²) in [5.41, 5.74) is 0.370. The van der Waals surface area contributed by atoms with E-state index in [1.54, 1.807) is 0 Å². The lowest BCUT2D eigenvalue weighted by molar-refractivity contribution is -0.131. The number of carbonyl (C=O) groups excluding carboxylic acids is 1. The smallest absolute Gasteiger partial charge is 0.231 e. The summed E-state index contributed by atoms with van der Waals surface area (Å²) in [5, 5.41) is 7.38. The van der Waals surface area contributed by atoms with Gasteiger partial charge in [-0.15, -0.1) is 0 Å². The first-order valence-electron chi connectivity index (χ1n) is 8.49. The number of benzene rings is 1. The number of rotatable bonds is 3. The van der Waals surface area contributed by atoms with Crippen molar-refractivity contribution < 1.29 is 9.53 Å². The summed E-state index contributed by atoms with van der Waals surface area (Å²) < 4.78 is 5.51. The van der Waals surface area contributed by atoms with E-state index in [4.69, 9.17) is 16.3 Å². The Labute approximate surface area is 142 Å². The van der Waals surface area contributed by atoms with E-state index in [1.807, 2.05) is 24.3 Å². The Hall–Kier alpha value is -1.10. The van der Waals surface area contributed by atoms with Crippen LogP contribution in [0, 0.1) is 0 Å². The minimum absolute atomic E-state index is 0.105. The molecule has 2 aliphatic rings. The van der Waals surface area contributed by atoms with Crippen LogP contribution in [0.2, 0.25) is 5.02 Å². The Kier molecular flexibility index (Phi) is 5.24. The predicted molar refractivity (Wildman–Crippen MR) is 91.8 cm³/mol. The van der Waals surface area contributed by atoms with Crippen LogP contribution in [0.4, 0.5) is 0 Å². The number of hydrogen-bond acceptors (Lipinski definition) is 3. The highest BCUT2D eigenvalue weighted by Crippen LogP contribution is 2.39. The van der Waals surface area contributed by atoms with E-state index in [-0.39, 0.29) is 11.9 Å². The third-order valence-corrected chi connectivity index (χ3v) is 5.46. The maximum absolute atomic E-state index is 13.2. The van der Waals surface area contributed by atoms with Gasteiger partial charge in [-0.2, -0.15) is 0 Å². The van der Waals surface area contributed by atoms with Crippen LogP contribution in [0.5, 0.6) is 0 Å². The first-order valence-corrected chi connectivity index (χ1v) is 8.87. The van der Waals surface area contributed by atoms with E-state index in [1.165, 1.54) is 0 Å². The van der Waals surface area contributed by atoms with Crippen molar-refractivity contribution >= 4 is 17.5 Å². The van der Waals surface area contributed by atoms with Crippen LogP contribution < -0.4 is 10.6 Å². The van der Waals surface area contributed by atoms with Gasteiger partial charge in [-0.25, -0.2) is 0 Å². The molecule has 0 spiro atoms. The van der Waals surface area contributed by atoms with Gasteiger partial charge in [0.25, 0.3) is 0 Å². The first-order chi connectivity index (χ1) is 11.1. The second kappa shape index (κ2) is 7.20. The zero-order valence-electron chi connectivity index (χ0n) is 13.6. The van der Waals surface area contributed by atoms with E-state index in [9.17, 15) is 4.79 Å². The molecule has 2 aliphatic heterocycles. The molecule has 5 heteroatoms. The van der Waals surface area contributed by atoms with E-state index in [0.29, 0.717) is 37.1 Å². The zero-order chi connectivity index (χ0) is 16.3. The van der Waals surface area contributed by atoms with Crippen molar-refractivity contribution in [3.05, 3.63) is 34.9 Å². The molecule has 0 bridgehead atoms. The summed E-state index contributed by atoms with van der Waals surface area (Å²) in [7, 11) is 0. The van der Waals surface area contributed by atoms with Gasteiger partial charge in [0.15, 0.2) is 0 Å². The first kappa shape index (κ1) is 16.7. The van der Waals surface area contributed by atoms with Gasteiger partial charge >= 0.3 is 0 Å². The number of ether oxygens (including phenoxy) is 1. The van der Waals surface area contributed by atoms with Crippen molar-refractivity contribution in [2.75, 3.05) is 19.8 Å². The van der Waals surface area contributed by atoms with Crippen LogP contribution in [-0.2, 0) is 14.9 Å². The Morgan fingerprint density at radius 1 is 1.35 bits per heavy atom. The van der Waals surface area contributed by atoms with Crippen molar-refractivity contribution in [2.24, 2.45) is 0 Å². The molecule has 0 radical (unpaired) electrons. The highest BCUT2D eigenvalue weighted by atomic mass is 35.5. The van der Waals surface area contributed by atoms with Gasteiger partial charge in [0.1, 0.15) is 0 Å². The summed E-state index contributed by atoms with van der Waals surface area (Å²) in [6.45, 7) is 4.31. The lowest BCUT2D eigenvalue weighted by atomic mass is 9.73. The Balaban J connectivity index is 1.84. The van der Waals surface area contributed by atoms with Gasteiger partial charge < -0.3 is 15.4 Å². The number of piperidine rings is 1. The molecular formula is C18H25ClN2O2. The van der Waals surface area contributed by atoms with E-state index in [2.05, 4.69) is 17.6 Å². The second-order valence-corrected chi connectivity index (χ2v) is 7.13. The molecule has 3 rings (SSSR count). The van der Waals surface area contributed by atoms with Crippen LogP contribution in [0.15, 0.2) is 24.3 Å². The maximum Gasteiger partial charge on any atom is 0.231 e. The fourth-order valence-corrected chi connectivity index (χ4v) is 4.09. The second-order valence-electron chi connectivity index (χ2n) is 6.72. The molecular weight excluding hydrogens is 312 g/mol. The van der Waals surface area contributed by atoms with Gasteiger partial charge in [0.2, 0.25) is 5.91 Å². The molecule has 2 N–H and O–H groups in total. The third-order valence-electron chi connectivity index (χ3n) is 5.13. The predicted octanol–water partition coefficient (Wildman–Crippen LogP) is 2.64. The standard InChI is InChI=1S/C18H25ClN2O2/c1-13-12-14(6-9-20-13)21-17(22)18(7-10-23-11-8-18)15-4-2-3-5-16(15)19/h2-5,13-14,20H,6-12H2,1H3,(H,21,22). The Morgan fingerprint density at radius 3 is 2.78 bits per heavy atom. The molecule has 23 heavy (non-hydrogen) atoms. The quantitative estimate of drug-likeness (QED) is 0.892. The molecule has 1 aromatic carbocycles. The molecule has 1 amide bonds. The van der Waals surface area contributed by atoms with Gasteiger partial charge in [-0.05, 0) is 50.8 Å². The molecule has 0 aromatic heterocycles. The molecule has 4 nitrogen and oxygen atoms in total. The molecule has 2 atom stereocenters. The van der Waals surface area contributed by atoms with Crippen molar-refractivity contribution in [3.63, 3.8) is 0 Å². The summed E-state index contributed by atoms with van der Waals surface area (Å²) in [5.74, 6) is 0.105. The van der Waals surface area contributed by atoms with Crippen molar-refractivity contribution in [3.8, 4) is 0 Å². The van der Waals surface area contributed by atoms with Gasteiger partial charge in [-0.1, -0.05) is 29.8 Å². The largest absolute Gasteiger partial charge is 0.381 e. The van der Waals surface area contributed by atoms with Crippen molar-refractivity contribution in [1.29, 1.82) is 0 Å². The number of hydrogen-bond donors (Lipinski definition) is 2. The fourth-order valence-electron chi connectivity index (χ4n) is 3.77. The number of carbonyl (C=O) groups is 1. The monoisotopic (exact) mass is 336 g/mol. The topological polar surface area (TPSA) is 50.4 Å². The lowest BCUT2D eigenvalue weighted by Crippen LogP contribution is -2.54. The Bertz CT molecular complexity index is 558. The summed E-state index contributed by atoms with van der Waals surface area (Å²) in [6, 6.07) is 8.40. The molecule has 2 unspecified atom stereocenters. The highest BCUT2D eigenvalue weighted by molar-refractivity contribution is 6.31. The van der Waals surface area contributed by atoms with Crippen LogP contribution in [0.3, 0.4) is 0 Å². The van der Waals surface area contributed by atoms with Crippen LogP contribution in [0.25, 0.3) is 0 Å². The normalized spacial score (nSPS) is 27.4. The zero-order valence-corrected chi connectivity index (χ0v) is 14.4. The number of halogens is 1. The van der Waals surface area contributed by atoms with Crippen molar-refractivity contribution in [1.82, 2.24) is 10.6 Å². The molecule has 2 fully saturated rings. The minimum atomic E-state index is -0.565. The number of amides is 1. The molecule has 0 saturated carbocycles. The van der Waals surface area contributed by atoms with Gasteiger partial charge in [0, 0.05) is 30.3 Å². The number of nitrogens with one attached hydrogen (secondary N) is 2. The van der Waals surface area contributed by atoms with Crippen molar-refractivity contribution in [2.45, 2.75) is 50.1 Å². The molecule has 0 aliphatic carbocycles. The van der Waals surface area contributed by atoms with Crippen LogP contribution in [0.1, 0.15) is 38.2 Å². The lowest BCUT2D eigenvalue weighted by Gasteiger charge is -2.39. The van der Waals surface area contributed by atoms with Gasteiger partial charge in [0.05, 0.1) is 5.41 Å². The minimum Gasteiger partial charge on any atom is -0.381 e. The molecule has 2 heterocycles. The van der Waals surface area contributed by atoms with Crippen LogP contribution in [-0.4, -0.2) is 37.7 Å². The molecule has 1 aromatic rings. The average Bonchev–Trinajstić information content (AvgIpc) is 2.56. The maximum atomic E-state index is 13.2. The van der Waals surface area contributed by atoms with E-state index >= 15 is 0 Å². The summed E-state index contributed by atoms with van der Waals surface area (Å²) >= 11 is 6.43. The third kappa shape index (κ3) is 3.54. The Morgan fingerprint density at radius 2 is 2.09 bits per heavy atom. The van der Waals surface area contributed by atoms with E-state index < -0.39 is 5.41 Å². The SMILES string of the molecule is CC1CC(NC(=O)C2(c3ccccc3Cl)CCOCC2)CCN1. The van der Waals surface area contributed by atoms with Gasteiger partial charge in [-0.3, -0.25) is 4.79 Å². The molecule has 2 saturated heterocycles. The van der Waals surface area contributed by atoms with Crippen LogP contribution >= 0.6 is 11.6 Å².